The zero-order valence-electron chi connectivity index (χ0n) is 14.3. The third-order valence-electron chi connectivity index (χ3n) is 3.31. The van der Waals surface area contributed by atoms with Gasteiger partial charge in [0.1, 0.15) is 0 Å². The van der Waals surface area contributed by atoms with Gasteiger partial charge in [-0.05, 0) is 25.5 Å². The molecular formula is C20H23IN2O. The van der Waals surface area contributed by atoms with E-state index in [1.807, 2.05) is 65.7 Å². The molecule has 1 rings (SSSR count). The number of hydrogen-bond acceptors (Lipinski definition) is 2. The topological polar surface area (TPSA) is 46.3 Å². The second-order valence-corrected chi connectivity index (χ2v) is 6.66. The summed E-state index contributed by atoms with van der Waals surface area (Å²) in [5.74, 6) is 5.81. The highest BCUT2D eigenvalue weighted by Gasteiger charge is 2.15. The average Bonchev–Trinajstić information content (AvgIpc) is 2.50. The van der Waals surface area contributed by atoms with Crippen LogP contribution in [0.3, 0.4) is 0 Å². The van der Waals surface area contributed by atoms with E-state index in [0.717, 1.165) is 24.1 Å². The molecule has 2 N–H and O–H groups in total. The van der Waals surface area contributed by atoms with Gasteiger partial charge in [-0.15, -0.1) is 0 Å². The van der Waals surface area contributed by atoms with Gasteiger partial charge in [-0.2, -0.15) is 0 Å². The van der Waals surface area contributed by atoms with Crippen LogP contribution in [-0.2, 0) is 4.79 Å². The van der Waals surface area contributed by atoms with Gasteiger partial charge in [-0.3, -0.25) is 4.79 Å². The summed E-state index contributed by atoms with van der Waals surface area (Å²) in [5, 5.41) is 0. The number of nitrogens with zero attached hydrogens (tertiary/aromatic N) is 1. The maximum atomic E-state index is 12.0. The van der Waals surface area contributed by atoms with Gasteiger partial charge in [0.15, 0.2) is 0 Å². The molecule has 0 atom stereocenters. The number of amides is 1. The molecule has 126 valence electrons. The Balaban J connectivity index is 3.32. The van der Waals surface area contributed by atoms with Gasteiger partial charge in [0.05, 0.1) is 28.4 Å². The smallest absolute Gasteiger partial charge is 0.251 e. The van der Waals surface area contributed by atoms with Gasteiger partial charge in [-0.1, -0.05) is 61.6 Å². The lowest BCUT2D eigenvalue weighted by atomic mass is 10.0. The van der Waals surface area contributed by atoms with E-state index in [4.69, 9.17) is 5.73 Å². The van der Waals surface area contributed by atoms with Crippen LogP contribution in [-0.4, -0.2) is 16.1 Å². The van der Waals surface area contributed by atoms with E-state index >= 15 is 0 Å². The molecule has 0 aromatic carbocycles. The van der Waals surface area contributed by atoms with Crippen molar-refractivity contribution >= 4 is 28.8 Å². The van der Waals surface area contributed by atoms with Crippen molar-refractivity contribution in [2.45, 2.75) is 26.7 Å². The van der Waals surface area contributed by atoms with Gasteiger partial charge >= 0.3 is 0 Å². The molecule has 1 amide bonds. The molecule has 0 bridgehead atoms. The predicted octanol–water partition coefficient (Wildman–Crippen LogP) is 4.37. The summed E-state index contributed by atoms with van der Waals surface area (Å²) in [7, 11) is 1.88. The highest BCUT2D eigenvalue weighted by Crippen LogP contribution is 2.20. The van der Waals surface area contributed by atoms with Crippen molar-refractivity contribution in [1.29, 1.82) is 0 Å². The van der Waals surface area contributed by atoms with E-state index in [2.05, 4.69) is 41.6 Å². The van der Waals surface area contributed by atoms with Crippen molar-refractivity contribution in [1.82, 2.24) is 3.11 Å². The minimum absolute atomic E-state index is 0.460. The van der Waals surface area contributed by atoms with E-state index in [9.17, 15) is 4.79 Å². The fraction of sp³-hybridized carbons (Fsp3) is 0.250. The molecule has 0 aromatic rings. The number of primary amides is 1. The number of hydrogen-bond donors (Lipinski definition) is 1. The lowest BCUT2D eigenvalue weighted by Gasteiger charge is -2.15. The Morgan fingerprint density at radius 2 is 1.96 bits per heavy atom. The number of carbonyl (C=O) groups is 1. The minimum atomic E-state index is -0.460. The molecule has 0 aliphatic heterocycles. The summed E-state index contributed by atoms with van der Waals surface area (Å²) >= 11 is 2.12. The monoisotopic (exact) mass is 434 g/mol. The van der Waals surface area contributed by atoms with Crippen molar-refractivity contribution in [2.24, 2.45) is 5.73 Å². The normalized spacial score (nSPS) is 17.5. The van der Waals surface area contributed by atoms with E-state index in [-0.39, 0.29) is 0 Å². The lowest BCUT2D eigenvalue weighted by molar-refractivity contribution is -0.114. The first-order valence-electron chi connectivity index (χ1n) is 7.81. The van der Waals surface area contributed by atoms with Gasteiger partial charge < -0.3 is 8.85 Å². The van der Waals surface area contributed by atoms with Gasteiger partial charge in [0.2, 0.25) is 0 Å². The van der Waals surface area contributed by atoms with E-state index in [1.165, 1.54) is 0 Å². The van der Waals surface area contributed by atoms with Crippen LogP contribution in [0.5, 0.6) is 0 Å². The first-order chi connectivity index (χ1) is 11.5. The number of unbranched alkanes of at least 4 members (excludes halogenated alkanes) is 1. The SMILES string of the molecule is CCC/C=C(C#CC1=C/C=C\C=C/C=C1)/C(C(N)=O)=C(/C)N(C)I. The molecule has 24 heavy (non-hydrogen) atoms. The molecule has 1 aliphatic rings. The van der Waals surface area contributed by atoms with Crippen LogP contribution in [0, 0.1) is 11.8 Å². The Kier molecular flexibility index (Phi) is 8.95. The van der Waals surface area contributed by atoms with Crippen molar-refractivity contribution in [3.05, 3.63) is 71.0 Å². The minimum Gasteiger partial charge on any atom is -0.366 e. The summed E-state index contributed by atoms with van der Waals surface area (Å²) in [6, 6.07) is 0. The van der Waals surface area contributed by atoms with Crippen LogP contribution in [0.25, 0.3) is 0 Å². The molecule has 4 heteroatoms. The zero-order valence-corrected chi connectivity index (χ0v) is 16.5. The highest BCUT2D eigenvalue weighted by molar-refractivity contribution is 14.1. The zero-order chi connectivity index (χ0) is 17.9. The molecule has 0 saturated carbocycles. The molecule has 0 spiro atoms. The van der Waals surface area contributed by atoms with Crippen molar-refractivity contribution in [3.63, 3.8) is 0 Å². The summed E-state index contributed by atoms with van der Waals surface area (Å²) in [6.45, 7) is 3.96. The fourth-order valence-corrected chi connectivity index (χ4v) is 2.19. The Morgan fingerprint density at radius 3 is 2.58 bits per heavy atom. The molecule has 0 heterocycles. The first kappa shape index (κ1) is 20.0. The van der Waals surface area contributed by atoms with Crippen molar-refractivity contribution in [3.8, 4) is 11.8 Å². The van der Waals surface area contributed by atoms with Crippen LogP contribution in [0.2, 0.25) is 0 Å². The Labute approximate surface area is 158 Å². The highest BCUT2D eigenvalue weighted by atomic mass is 127. The number of allylic oxidation sites excluding steroid dienone is 10. The van der Waals surface area contributed by atoms with Crippen LogP contribution in [0.15, 0.2) is 71.0 Å². The Bertz CT molecular complexity index is 708. The average molecular weight is 434 g/mol. The third kappa shape index (κ3) is 6.63. The van der Waals surface area contributed by atoms with Crippen molar-refractivity contribution < 1.29 is 4.79 Å². The fourth-order valence-electron chi connectivity index (χ4n) is 1.95. The Morgan fingerprint density at radius 1 is 1.29 bits per heavy atom. The molecule has 1 aliphatic carbocycles. The standard InChI is InChI=1S/C20H23IN2O/c1-4-5-13-18(19(20(22)24)16(2)23(3)21)15-14-17-11-9-7-6-8-10-12-17/h6-13H,4-5H2,1-3H3,(H2,22,24)/b7-6-,8-6?,9-7?,10-8-,11-9?,12-10?,17-11?,17-12?,18-13+,19-16+. The van der Waals surface area contributed by atoms with Crippen LogP contribution in [0.4, 0.5) is 0 Å². The summed E-state index contributed by atoms with van der Waals surface area (Å²) < 4.78 is 1.85. The van der Waals surface area contributed by atoms with Gasteiger partial charge in [0.25, 0.3) is 5.91 Å². The lowest BCUT2D eigenvalue weighted by Crippen LogP contribution is -2.20. The Hall–Kier alpha value is -2.00. The quantitative estimate of drug-likeness (QED) is 0.230. The molecule has 0 unspecified atom stereocenters. The van der Waals surface area contributed by atoms with Crippen LogP contribution in [0.1, 0.15) is 26.7 Å². The number of carbonyl (C=O) groups excluding carboxylic acids is 1. The number of halogens is 1. The second-order valence-electron chi connectivity index (χ2n) is 5.21. The maximum Gasteiger partial charge on any atom is 0.251 e. The molecule has 3 nitrogen and oxygen atoms in total. The molecule has 0 radical (unpaired) electrons. The first-order valence-corrected chi connectivity index (χ1v) is 8.78. The van der Waals surface area contributed by atoms with Crippen LogP contribution < -0.4 is 5.73 Å². The summed E-state index contributed by atoms with van der Waals surface area (Å²) in [5.41, 5.74) is 8.44. The number of nitrogens with two attached hydrogens (primary N) is 1. The summed E-state index contributed by atoms with van der Waals surface area (Å²) in [4.78, 5) is 12.0. The molecule has 0 aromatic heterocycles. The molecular weight excluding hydrogens is 411 g/mol. The summed E-state index contributed by atoms with van der Waals surface area (Å²) in [6.07, 6.45) is 17.4. The van der Waals surface area contributed by atoms with E-state index in [0.29, 0.717) is 11.1 Å². The third-order valence-corrected chi connectivity index (χ3v) is 4.04. The molecule has 0 saturated heterocycles. The second kappa shape index (κ2) is 10.7. The number of rotatable bonds is 5. The van der Waals surface area contributed by atoms with E-state index in [1.54, 1.807) is 0 Å². The van der Waals surface area contributed by atoms with Gasteiger partial charge in [-0.25, -0.2) is 0 Å². The maximum absolute atomic E-state index is 12.0. The molecule has 0 fully saturated rings. The van der Waals surface area contributed by atoms with Gasteiger partial charge in [0, 0.05) is 23.9 Å². The van der Waals surface area contributed by atoms with Crippen LogP contribution >= 0.6 is 22.9 Å². The largest absolute Gasteiger partial charge is 0.366 e. The van der Waals surface area contributed by atoms with E-state index < -0.39 is 5.91 Å². The predicted molar refractivity (Wildman–Crippen MR) is 110 cm³/mol. The van der Waals surface area contributed by atoms with Crippen molar-refractivity contribution in [2.75, 3.05) is 7.05 Å².